The minimum atomic E-state index is -1.01. The van der Waals surface area contributed by atoms with Crippen molar-refractivity contribution in [3.63, 3.8) is 0 Å². The van der Waals surface area contributed by atoms with Gasteiger partial charge >= 0.3 is 5.97 Å². The number of carbonyl (C=O) groups is 4. The highest BCUT2D eigenvalue weighted by Gasteiger charge is 2.47. The quantitative estimate of drug-likeness (QED) is 0.398. The lowest BCUT2D eigenvalue weighted by Crippen LogP contribution is -2.35. The summed E-state index contributed by atoms with van der Waals surface area (Å²) in [5, 5.41) is 2.66. The van der Waals surface area contributed by atoms with Gasteiger partial charge in [0.1, 0.15) is 5.75 Å². The number of benzene rings is 1. The van der Waals surface area contributed by atoms with E-state index < -0.39 is 18.0 Å². The summed E-state index contributed by atoms with van der Waals surface area (Å²) < 4.78 is 10.5. The molecule has 3 rings (SSSR count). The fraction of sp³-hybridized carbons (Fsp3) is 0.455. The molecule has 0 aromatic heterocycles. The molecule has 1 N–H and O–H groups in total. The molecule has 160 valence electrons. The number of amides is 3. The van der Waals surface area contributed by atoms with Gasteiger partial charge in [-0.25, -0.2) is 0 Å². The predicted octanol–water partition coefficient (Wildman–Crippen LogP) is 2.30. The van der Waals surface area contributed by atoms with Crippen molar-refractivity contribution < 1.29 is 28.7 Å². The van der Waals surface area contributed by atoms with Crippen molar-refractivity contribution in [2.24, 2.45) is 11.8 Å². The Morgan fingerprint density at radius 1 is 1.10 bits per heavy atom. The van der Waals surface area contributed by atoms with Crippen LogP contribution >= 0.6 is 0 Å². The highest BCUT2D eigenvalue weighted by atomic mass is 16.5. The summed E-state index contributed by atoms with van der Waals surface area (Å²) in [5.41, 5.74) is 0.552. The number of rotatable bonds is 8. The van der Waals surface area contributed by atoms with Gasteiger partial charge in [-0.15, -0.1) is 0 Å². The third-order valence-electron chi connectivity index (χ3n) is 5.25. The number of imide groups is 1. The van der Waals surface area contributed by atoms with Crippen LogP contribution in [0.4, 0.5) is 5.69 Å². The Morgan fingerprint density at radius 2 is 1.70 bits per heavy atom. The summed E-state index contributed by atoms with van der Waals surface area (Å²) in [4.78, 5) is 50.3. The number of allylic oxidation sites excluding steroid dienone is 2. The Kier molecular flexibility index (Phi) is 6.87. The number of fused-ring (bicyclic) bond motifs is 1. The van der Waals surface area contributed by atoms with Crippen molar-refractivity contribution in [1.82, 2.24) is 4.90 Å². The largest absolute Gasteiger partial charge is 0.494 e. The van der Waals surface area contributed by atoms with Crippen LogP contribution in [0.15, 0.2) is 36.4 Å². The van der Waals surface area contributed by atoms with E-state index in [-0.39, 0.29) is 36.6 Å². The van der Waals surface area contributed by atoms with E-state index in [2.05, 4.69) is 5.32 Å². The molecular formula is C22H26N2O6. The number of nitrogens with zero attached hydrogens (tertiary/aromatic N) is 1. The maximum atomic E-state index is 12.4. The first-order chi connectivity index (χ1) is 14.4. The van der Waals surface area contributed by atoms with Gasteiger partial charge in [-0.3, -0.25) is 24.1 Å². The molecule has 1 heterocycles. The number of hydrogen-bond donors (Lipinski definition) is 1. The number of esters is 1. The second kappa shape index (κ2) is 9.56. The van der Waals surface area contributed by atoms with Gasteiger partial charge in [0, 0.05) is 12.2 Å². The van der Waals surface area contributed by atoms with Gasteiger partial charge in [0.05, 0.1) is 24.9 Å². The maximum absolute atomic E-state index is 12.4. The van der Waals surface area contributed by atoms with Gasteiger partial charge < -0.3 is 14.8 Å². The molecule has 3 amide bonds. The average Bonchev–Trinajstić information content (AvgIpc) is 2.98. The first-order valence-electron chi connectivity index (χ1n) is 10.1. The van der Waals surface area contributed by atoms with Crippen molar-refractivity contribution in [3.05, 3.63) is 36.4 Å². The third kappa shape index (κ3) is 4.87. The SMILES string of the molecule is CCOc1ccc(NC(=O)[C@H](C)OC(=O)CCN2C(=O)[C@H]3CC=CC[C@@H]3C2=O)cc1. The minimum Gasteiger partial charge on any atom is -0.494 e. The van der Waals surface area contributed by atoms with Crippen molar-refractivity contribution in [3.8, 4) is 5.75 Å². The van der Waals surface area contributed by atoms with Crippen LogP contribution in [-0.2, 0) is 23.9 Å². The van der Waals surface area contributed by atoms with E-state index in [9.17, 15) is 19.2 Å². The van der Waals surface area contributed by atoms with Crippen molar-refractivity contribution in [2.75, 3.05) is 18.5 Å². The Labute approximate surface area is 175 Å². The molecular weight excluding hydrogens is 388 g/mol. The zero-order valence-electron chi connectivity index (χ0n) is 17.1. The van der Waals surface area contributed by atoms with E-state index in [0.29, 0.717) is 30.9 Å². The number of ether oxygens (including phenoxy) is 2. The molecule has 0 radical (unpaired) electrons. The number of hydrogen-bond acceptors (Lipinski definition) is 6. The molecule has 1 saturated heterocycles. The molecule has 1 aromatic carbocycles. The summed E-state index contributed by atoms with van der Waals surface area (Å²) >= 11 is 0. The van der Waals surface area contributed by atoms with Crippen LogP contribution in [0.25, 0.3) is 0 Å². The van der Waals surface area contributed by atoms with Crippen molar-refractivity contribution in [1.29, 1.82) is 0 Å². The molecule has 0 saturated carbocycles. The summed E-state index contributed by atoms with van der Waals surface area (Å²) in [6.45, 7) is 3.86. The second-order valence-electron chi connectivity index (χ2n) is 7.31. The van der Waals surface area contributed by atoms with Gasteiger partial charge in [-0.2, -0.15) is 0 Å². The predicted molar refractivity (Wildman–Crippen MR) is 108 cm³/mol. The number of likely N-dealkylation sites (tertiary alicyclic amines) is 1. The van der Waals surface area contributed by atoms with E-state index in [1.807, 2.05) is 19.1 Å². The highest BCUT2D eigenvalue weighted by Crippen LogP contribution is 2.35. The number of nitrogens with one attached hydrogen (secondary N) is 1. The fourth-order valence-corrected chi connectivity index (χ4v) is 3.65. The van der Waals surface area contributed by atoms with Gasteiger partial charge in [0.25, 0.3) is 5.91 Å². The van der Waals surface area contributed by atoms with Crippen LogP contribution in [0, 0.1) is 11.8 Å². The van der Waals surface area contributed by atoms with Crippen LogP contribution in [0.3, 0.4) is 0 Å². The van der Waals surface area contributed by atoms with E-state index >= 15 is 0 Å². The summed E-state index contributed by atoms with van der Waals surface area (Å²) in [6.07, 6.45) is 3.77. The Morgan fingerprint density at radius 3 is 2.27 bits per heavy atom. The van der Waals surface area contributed by atoms with Gasteiger partial charge in [0.2, 0.25) is 11.8 Å². The zero-order chi connectivity index (χ0) is 21.7. The number of carbonyl (C=O) groups excluding carboxylic acids is 4. The normalized spacial score (nSPS) is 21.2. The highest BCUT2D eigenvalue weighted by molar-refractivity contribution is 6.05. The van der Waals surface area contributed by atoms with Gasteiger partial charge in [-0.05, 0) is 51.0 Å². The molecule has 8 nitrogen and oxygen atoms in total. The minimum absolute atomic E-state index is 0.0310. The summed E-state index contributed by atoms with van der Waals surface area (Å²) in [5.74, 6) is -1.53. The summed E-state index contributed by atoms with van der Waals surface area (Å²) in [7, 11) is 0. The molecule has 2 aliphatic rings. The van der Waals surface area contributed by atoms with Crippen LogP contribution in [0.5, 0.6) is 5.75 Å². The monoisotopic (exact) mass is 414 g/mol. The molecule has 1 aliphatic heterocycles. The Bertz CT molecular complexity index is 822. The van der Waals surface area contributed by atoms with Crippen LogP contribution < -0.4 is 10.1 Å². The van der Waals surface area contributed by atoms with Crippen molar-refractivity contribution in [2.45, 2.75) is 39.2 Å². The smallest absolute Gasteiger partial charge is 0.308 e. The number of anilines is 1. The second-order valence-corrected chi connectivity index (χ2v) is 7.31. The molecule has 1 aromatic rings. The van der Waals surface area contributed by atoms with Crippen LogP contribution in [0.2, 0.25) is 0 Å². The maximum Gasteiger partial charge on any atom is 0.308 e. The molecule has 30 heavy (non-hydrogen) atoms. The van der Waals surface area contributed by atoms with E-state index in [1.165, 1.54) is 6.92 Å². The molecule has 0 unspecified atom stereocenters. The van der Waals surface area contributed by atoms with E-state index in [4.69, 9.17) is 9.47 Å². The lowest BCUT2D eigenvalue weighted by atomic mass is 9.85. The first kappa shape index (κ1) is 21.5. The fourth-order valence-electron chi connectivity index (χ4n) is 3.65. The van der Waals surface area contributed by atoms with Crippen LogP contribution in [0.1, 0.15) is 33.1 Å². The Hall–Kier alpha value is -3.16. The van der Waals surface area contributed by atoms with E-state index in [1.54, 1.807) is 24.3 Å². The Balaban J connectivity index is 1.45. The zero-order valence-corrected chi connectivity index (χ0v) is 17.1. The topological polar surface area (TPSA) is 102 Å². The molecule has 0 bridgehead atoms. The molecule has 0 spiro atoms. The lowest BCUT2D eigenvalue weighted by molar-refractivity contribution is -0.154. The third-order valence-corrected chi connectivity index (χ3v) is 5.25. The molecule has 8 heteroatoms. The van der Waals surface area contributed by atoms with Crippen molar-refractivity contribution >= 4 is 29.4 Å². The van der Waals surface area contributed by atoms with Gasteiger partial charge in [-0.1, -0.05) is 12.2 Å². The molecule has 3 atom stereocenters. The standard InChI is InChI=1S/C22H26N2O6/c1-3-29-16-10-8-15(9-11-16)23-20(26)14(2)30-19(25)12-13-24-21(27)17-6-4-5-7-18(17)22(24)28/h4-5,8-11,14,17-18H,3,6-7,12-13H2,1-2H3,(H,23,26)/t14-,17-,18-/m0/s1. The van der Waals surface area contributed by atoms with Crippen LogP contribution in [-0.4, -0.2) is 47.8 Å². The first-order valence-corrected chi connectivity index (χ1v) is 10.1. The average molecular weight is 414 g/mol. The van der Waals surface area contributed by atoms with Gasteiger partial charge in [0.15, 0.2) is 6.10 Å². The molecule has 1 fully saturated rings. The lowest BCUT2D eigenvalue weighted by Gasteiger charge is -2.16. The summed E-state index contributed by atoms with van der Waals surface area (Å²) in [6, 6.07) is 6.84. The molecule has 1 aliphatic carbocycles. The van der Waals surface area contributed by atoms with E-state index in [0.717, 1.165) is 4.90 Å².